The molecule has 0 aromatic heterocycles. The maximum Gasteiger partial charge on any atom is 0.136 e. The van der Waals surface area contributed by atoms with Crippen LogP contribution in [0.3, 0.4) is 0 Å². The maximum absolute atomic E-state index is 10.8. The predicted molar refractivity (Wildman–Crippen MR) is 59.6 cm³/mol. The molecule has 4 aliphatic rings. The fraction of sp³-hybridized carbons (Fsp3) is 0.923. The fourth-order valence-corrected chi connectivity index (χ4v) is 4.80. The van der Waals surface area contributed by atoms with Gasteiger partial charge in [-0.2, -0.15) is 0 Å². The molecule has 84 valence electrons. The number of hydrogen-bond donors (Lipinski definition) is 1. The van der Waals surface area contributed by atoms with Crippen molar-refractivity contribution >= 4 is 6.29 Å². The molecule has 4 fully saturated rings. The second kappa shape index (κ2) is 3.31. The van der Waals surface area contributed by atoms with Crippen molar-refractivity contribution in [2.24, 2.45) is 17.8 Å². The minimum atomic E-state index is 0.0428. The minimum absolute atomic E-state index is 0.0428. The predicted octanol–water partition coefficient (Wildman–Crippen LogP) is 2.13. The maximum atomic E-state index is 10.8. The first-order chi connectivity index (χ1) is 7.19. The van der Waals surface area contributed by atoms with E-state index in [1.807, 2.05) is 6.92 Å². The third-order valence-corrected chi connectivity index (χ3v) is 4.78. The summed E-state index contributed by atoms with van der Waals surface area (Å²) in [5.74, 6) is 2.88. The van der Waals surface area contributed by atoms with Gasteiger partial charge in [0.05, 0.1) is 6.04 Å². The van der Waals surface area contributed by atoms with E-state index in [0.29, 0.717) is 5.54 Å². The van der Waals surface area contributed by atoms with Gasteiger partial charge in [-0.05, 0) is 63.2 Å². The molecule has 2 heteroatoms. The lowest BCUT2D eigenvalue weighted by molar-refractivity contribution is -0.111. The van der Waals surface area contributed by atoms with Crippen LogP contribution in [0.2, 0.25) is 0 Å². The first-order valence-electron chi connectivity index (χ1n) is 6.42. The Morgan fingerprint density at radius 3 is 2.00 bits per heavy atom. The molecule has 4 rings (SSSR count). The molecule has 0 aromatic rings. The molecule has 4 saturated carbocycles. The first kappa shape index (κ1) is 9.83. The lowest BCUT2D eigenvalue weighted by atomic mass is 9.53. The monoisotopic (exact) mass is 207 g/mol. The highest BCUT2D eigenvalue weighted by Crippen LogP contribution is 2.55. The molecule has 0 amide bonds. The van der Waals surface area contributed by atoms with Gasteiger partial charge in [-0.15, -0.1) is 0 Å². The topological polar surface area (TPSA) is 29.1 Å². The van der Waals surface area contributed by atoms with E-state index in [4.69, 9.17) is 0 Å². The average Bonchev–Trinajstić information content (AvgIpc) is 2.14. The molecule has 2 nitrogen and oxygen atoms in total. The summed E-state index contributed by atoms with van der Waals surface area (Å²) in [7, 11) is 0. The van der Waals surface area contributed by atoms with E-state index in [0.717, 1.165) is 24.0 Å². The first-order valence-corrected chi connectivity index (χ1v) is 6.42. The number of carbonyl (C=O) groups excluding carboxylic acids is 1. The van der Waals surface area contributed by atoms with Crippen LogP contribution in [-0.2, 0) is 4.79 Å². The summed E-state index contributed by atoms with van der Waals surface area (Å²) < 4.78 is 0. The molecule has 4 aliphatic carbocycles. The van der Waals surface area contributed by atoms with Gasteiger partial charge in [-0.25, -0.2) is 0 Å². The second-order valence-corrected chi connectivity index (χ2v) is 6.27. The molecule has 4 bridgehead atoms. The number of hydrogen-bond acceptors (Lipinski definition) is 2. The summed E-state index contributed by atoms with van der Waals surface area (Å²) in [6, 6.07) is 0.0428. The van der Waals surface area contributed by atoms with Crippen molar-refractivity contribution in [1.29, 1.82) is 0 Å². The van der Waals surface area contributed by atoms with Gasteiger partial charge in [-0.3, -0.25) is 0 Å². The second-order valence-electron chi connectivity index (χ2n) is 6.27. The highest BCUT2D eigenvalue weighted by Gasteiger charge is 2.50. The highest BCUT2D eigenvalue weighted by molar-refractivity contribution is 5.56. The van der Waals surface area contributed by atoms with E-state index < -0.39 is 0 Å². The molecular weight excluding hydrogens is 186 g/mol. The molecule has 1 atom stereocenters. The minimum Gasteiger partial charge on any atom is -0.302 e. The zero-order chi connectivity index (χ0) is 10.5. The molecule has 1 N–H and O–H groups in total. The van der Waals surface area contributed by atoms with Gasteiger partial charge in [0, 0.05) is 5.54 Å². The van der Waals surface area contributed by atoms with Gasteiger partial charge < -0.3 is 10.1 Å². The van der Waals surface area contributed by atoms with E-state index in [9.17, 15) is 4.79 Å². The number of aldehydes is 1. The van der Waals surface area contributed by atoms with E-state index in [1.54, 1.807) is 0 Å². The van der Waals surface area contributed by atoms with Gasteiger partial charge in [-0.1, -0.05) is 0 Å². The molecule has 0 aliphatic heterocycles. The third-order valence-electron chi connectivity index (χ3n) is 4.78. The quantitative estimate of drug-likeness (QED) is 0.718. The zero-order valence-electron chi connectivity index (χ0n) is 9.54. The van der Waals surface area contributed by atoms with Gasteiger partial charge in [0.2, 0.25) is 0 Å². The molecule has 0 saturated heterocycles. The Hall–Kier alpha value is -0.370. The summed E-state index contributed by atoms with van der Waals surface area (Å²) in [6.45, 7) is 1.99. The number of nitrogens with one attached hydrogen (secondary N) is 1. The summed E-state index contributed by atoms with van der Waals surface area (Å²) in [5, 5.41) is 3.61. The van der Waals surface area contributed by atoms with Crippen LogP contribution in [0, 0.1) is 17.8 Å². The van der Waals surface area contributed by atoms with Gasteiger partial charge >= 0.3 is 0 Å². The molecule has 0 spiro atoms. The van der Waals surface area contributed by atoms with Crippen LogP contribution in [0.4, 0.5) is 0 Å². The Bertz CT molecular complexity index is 238. The van der Waals surface area contributed by atoms with Crippen LogP contribution in [0.1, 0.15) is 45.4 Å². The smallest absolute Gasteiger partial charge is 0.136 e. The zero-order valence-corrected chi connectivity index (χ0v) is 9.54. The standard InChI is InChI=1S/C13H21NO/c1-9(8-15)14-13-5-10-2-11(6-13)4-12(3-10)7-13/h8-12,14H,2-7H2,1H3/t9-,10?,11?,12?,13?/m0/s1. The summed E-state index contributed by atoms with van der Waals surface area (Å²) >= 11 is 0. The van der Waals surface area contributed by atoms with Crippen molar-refractivity contribution in [2.75, 3.05) is 0 Å². The number of carbonyl (C=O) groups is 1. The Kier molecular flexibility index (Phi) is 2.17. The molecule has 15 heavy (non-hydrogen) atoms. The van der Waals surface area contributed by atoms with Crippen LogP contribution in [0.5, 0.6) is 0 Å². The van der Waals surface area contributed by atoms with Crippen molar-refractivity contribution < 1.29 is 4.79 Å². The van der Waals surface area contributed by atoms with E-state index in [2.05, 4.69) is 5.32 Å². The Morgan fingerprint density at radius 1 is 1.13 bits per heavy atom. The Labute approximate surface area is 91.8 Å². The van der Waals surface area contributed by atoms with Crippen molar-refractivity contribution in [3.63, 3.8) is 0 Å². The fourth-order valence-electron chi connectivity index (χ4n) is 4.80. The third kappa shape index (κ3) is 1.63. The normalized spacial score (nSPS) is 49.3. The molecule has 0 radical (unpaired) electrons. The van der Waals surface area contributed by atoms with Crippen LogP contribution in [0.25, 0.3) is 0 Å². The summed E-state index contributed by atoms with van der Waals surface area (Å²) in [5.41, 5.74) is 0.342. The largest absolute Gasteiger partial charge is 0.302 e. The average molecular weight is 207 g/mol. The molecule has 0 unspecified atom stereocenters. The van der Waals surface area contributed by atoms with Crippen LogP contribution in [-0.4, -0.2) is 17.9 Å². The van der Waals surface area contributed by atoms with E-state index in [-0.39, 0.29) is 6.04 Å². The Balaban J connectivity index is 1.78. The van der Waals surface area contributed by atoms with E-state index >= 15 is 0 Å². The van der Waals surface area contributed by atoms with Crippen LogP contribution in [0.15, 0.2) is 0 Å². The lowest BCUT2D eigenvalue weighted by Gasteiger charge is -2.57. The van der Waals surface area contributed by atoms with Gasteiger partial charge in [0.1, 0.15) is 6.29 Å². The van der Waals surface area contributed by atoms with Crippen LogP contribution < -0.4 is 5.32 Å². The summed E-state index contributed by atoms with van der Waals surface area (Å²) in [4.78, 5) is 10.8. The van der Waals surface area contributed by atoms with Crippen molar-refractivity contribution in [2.45, 2.75) is 57.0 Å². The molecule has 0 heterocycles. The van der Waals surface area contributed by atoms with Crippen molar-refractivity contribution in [3.05, 3.63) is 0 Å². The highest BCUT2D eigenvalue weighted by atomic mass is 16.1. The SMILES string of the molecule is C[C@@H](C=O)NC12CC3CC(CC(C3)C1)C2. The number of rotatable bonds is 3. The van der Waals surface area contributed by atoms with Crippen molar-refractivity contribution in [1.82, 2.24) is 5.32 Å². The molecule has 0 aromatic carbocycles. The van der Waals surface area contributed by atoms with Gasteiger partial charge in [0.15, 0.2) is 0 Å². The van der Waals surface area contributed by atoms with Crippen LogP contribution >= 0.6 is 0 Å². The molecular formula is C13H21NO. The Morgan fingerprint density at radius 2 is 1.60 bits per heavy atom. The lowest BCUT2D eigenvalue weighted by Crippen LogP contribution is -2.60. The van der Waals surface area contributed by atoms with Gasteiger partial charge in [0.25, 0.3) is 0 Å². The van der Waals surface area contributed by atoms with E-state index in [1.165, 1.54) is 38.5 Å². The summed E-state index contributed by atoms with van der Waals surface area (Å²) in [6.07, 6.45) is 9.45. The van der Waals surface area contributed by atoms with Crippen molar-refractivity contribution in [3.8, 4) is 0 Å².